The largest absolute Gasteiger partial charge is 0.478 e. The van der Waals surface area contributed by atoms with Crippen molar-refractivity contribution in [3.63, 3.8) is 0 Å². The molecule has 0 saturated heterocycles. The van der Waals surface area contributed by atoms with Crippen LogP contribution in [0.2, 0.25) is 0 Å². The van der Waals surface area contributed by atoms with Crippen LogP contribution in [0.25, 0.3) is 11.1 Å². The fourth-order valence-electron chi connectivity index (χ4n) is 1.78. The maximum absolute atomic E-state index is 11.0. The highest BCUT2D eigenvalue weighted by Crippen LogP contribution is 2.26. The molecule has 0 aliphatic heterocycles. The van der Waals surface area contributed by atoms with Crippen LogP contribution in [0.1, 0.15) is 15.9 Å². The van der Waals surface area contributed by atoms with Crippen LogP contribution in [0.4, 0.5) is 11.4 Å². The second kappa shape index (κ2) is 4.41. The third-order valence-electron chi connectivity index (χ3n) is 2.89. The highest BCUT2D eigenvalue weighted by atomic mass is 16.4. The number of carboxylic acid groups (broad SMARTS) is 1. The molecule has 92 valence electrons. The van der Waals surface area contributed by atoms with Gasteiger partial charge < -0.3 is 16.6 Å². The van der Waals surface area contributed by atoms with Crippen LogP contribution in [-0.2, 0) is 0 Å². The number of carbonyl (C=O) groups is 1. The number of anilines is 2. The van der Waals surface area contributed by atoms with Crippen molar-refractivity contribution in [1.29, 1.82) is 0 Å². The van der Waals surface area contributed by atoms with E-state index in [1.54, 1.807) is 18.2 Å². The molecule has 18 heavy (non-hydrogen) atoms. The van der Waals surface area contributed by atoms with Gasteiger partial charge in [-0.25, -0.2) is 4.79 Å². The molecule has 4 heteroatoms. The summed E-state index contributed by atoms with van der Waals surface area (Å²) in [5.74, 6) is -1.03. The lowest BCUT2D eigenvalue weighted by molar-refractivity contribution is 0.0698. The van der Waals surface area contributed by atoms with Crippen molar-refractivity contribution in [3.8, 4) is 11.1 Å². The van der Waals surface area contributed by atoms with Crippen LogP contribution >= 0.6 is 0 Å². The molecule has 2 aromatic carbocycles. The zero-order chi connectivity index (χ0) is 13.3. The molecule has 0 saturated carbocycles. The first-order valence-corrected chi connectivity index (χ1v) is 5.48. The molecule has 2 rings (SSSR count). The van der Waals surface area contributed by atoms with Gasteiger partial charge in [-0.3, -0.25) is 0 Å². The van der Waals surface area contributed by atoms with Gasteiger partial charge in [-0.2, -0.15) is 0 Å². The highest BCUT2D eigenvalue weighted by Gasteiger charge is 2.09. The third-order valence-corrected chi connectivity index (χ3v) is 2.89. The van der Waals surface area contributed by atoms with Crippen LogP contribution in [0.15, 0.2) is 36.4 Å². The Morgan fingerprint density at radius 2 is 1.56 bits per heavy atom. The van der Waals surface area contributed by atoms with E-state index in [9.17, 15) is 4.79 Å². The van der Waals surface area contributed by atoms with Crippen molar-refractivity contribution >= 4 is 17.3 Å². The molecule has 2 aromatic rings. The second-order valence-electron chi connectivity index (χ2n) is 4.18. The lowest BCUT2D eigenvalue weighted by atomic mass is 10.00. The monoisotopic (exact) mass is 242 g/mol. The number of nitrogen functional groups attached to an aromatic ring is 2. The summed E-state index contributed by atoms with van der Waals surface area (Å²) in [6.45, 7) is 1.91. The summed E-state index contributed by atoms with van der Waals surface area (Å²) in [7, 11) is 0. The van der Waals surface area contributed by atoms with Crippen LogP contribution in [0, 0.1) is 6.92 Å². The summed E-state index contributed by atoms with van der Waals surface area (Å²) in [6, 6.07) is 10.6. The maximum atomic E-state index is 11.0. The Bertz CT molecular complexity index is 621. The Morgan fingerprint density at radius 1 is 1.00 bits per heavy atom. The van der Waals surface area contributed by atoms with E-state index >= 15 is 0 Å². The molecule has 0 radical (unpaired) electrons. The van der Waals surface area contributed by atoms with E-state index in [1.165, 1.54) is 0 Å². The molecule has 0 heterocycles. The van der Waals surface area contributed by atoms with Gasteiger partial charge in [-0.1, -0.05) is 12.1 Å². The lowest BCUT2D eigenvalue weighted by Crippen LogP contribution is -2.02. The molecule has 0 aromatic heterocycles. The van der Waals surface area contributed by atoms with Crippen molar-refractivity contribution < 1.29 is 9.90 Å². The Balaban J connectivity index is 2.54. The fraction of sp³-hybridized carbons (Fsp3) is 0.0714. The van der Waals surface area contributed by atoms with E-state index in [0.717, 1.165) is 16.7 Å². The van der Waals surface area contributed by atoms with E-state index in [0.29, 0.717) is 5.69 Å². The molecule has 0 unspecified atom stereocenters. The van der Waals surface area contributed by atoms with Gasteiger partial charge >= 0.3 is 5.97 Å². The molecule has 0 atom stereocenters. The number of aryl methyl sites for hydroxylation is 1. The minimum absolute atomic E-state index is 0.113. The topological polar surface area (TPSA) is 89.3 Å². The number of aromatic carboxylic acids is 1. The van der Waals surface area contributed by atoms with E-state index in [-0.39, 0.29) is 11.3 Å². The Morgan fingerprint density at radius 3 is 2.11 bits per heavy atom. The average molecular weight is 242 g/mol. The first-order valence-electron chi connectivity index (χ1n) is 5.48. The summed E-state index contributed by atoms with van der Waals surface area (Å²) in [6.07, 6.45) is 0. The van der Waals surface area contributed by atoms with Gasteiger partial charge in [0, 0.05) is 11.4 Å². The Hall–Kier alpha value is -2.49. The van der Waals surface area contributed by atoms with E-state index in [1.807, 2.05) is 25.1 Å². The molecule has 0 amide bonds. The van der Waals surface area contributed by atoms with Crippen LogP contribution < -0.4 is 11.5 Å². The van der Waals surface area contributed by atoms with Crippen molar-refractivity contribution in [2.45, 2.75) is 6.92 Å². The van der Waals surface area contributed by atoms with Gasteiger partial charge in [0.1, 0.15) is 0 Å². The smallest absolute Gasteiger partial charge is 0.337 e. The number of hydrogen-bond acceptors (Lipinski definition) is 3. The summed E-state index contributed by atoms with van der Waals surface area (Å²) in [5, 5.41) is 9.04. The fourth-order valence-corrected chi connectivity index (χ4v) is 1.78. The quantitative estimate of drug-likeness (QED) is 0.706. The van der Waals surface area contributed by atoms with Crippen molar-refractivity contribution in [3.05, 3.63) is 47.5 Å². The number of carboxylic acids is 1. The van der Waals surface area contributed by atoms with Gasteiger partial charge in [0.15, 0.2) is 0 Å². The number of rotatable bonds is 2. The van der Waals surface area contributed by atoms with E-state index in [4.69, 9.17) is 16.6 Å². The SMILES string of the molecule is Cc1cc(-c2ccc(N)c(C(=O)O)c2)ccc1N. The first kappa shape index (κ1) is 12.0. The third kappa shape index (κ3) is 2.13. The molecular formula is C14H14N2O2. The molecular weight excluding hydrogens is 228 g/mol. The molecule has 0 aliphatic rings. The minimum Gasteiger partial charge on any atom is -0.478 e. The summed E-state index contributed by atoms with van der Waals surface area (Å²) >= 11 is 0. The molecule has 0 fully saturated rings. The number of nitrogens with two attached hydrogens (primary N) is 2. The normalized spacial score (nSPS) is 10.3. The predicted molar refractivity (Wildman–Crippen MR) is 72.4 cm³/mol. The molecule has 4 nitrogen and oxygen atoms in total. The summed E-state index contributed by atoms with van der Waals surface area (Å²) in [5.41, 5.74) is 15.2. The lowest BCUT2D eigenvalue weighted by Gasteiger charge is -2.08. The zero-order valence-corrected chi connectivity index (χ0v) is 9.97. The average Bonchev–Trinajstić information content (AvgIpc) is 2.33. The molecule has 0 aliphatic carbocycles. The summed E-state index contributed by atoms with van der Waals surface area (Å²) in [4.78, 5) is 11.0. The Labute approximate surface area is 105 Å². The minimum atomic E-state index is -1.03. The Kier molecular flexibility index (Phi) is 2.93. The van der Waals surface area contributed by atoms with Crippen molar-refractivity contribution in [1.82, 2.24) is 0 Å². The predicted octanol–water partition coefficient (Wildman–Crippen LogP) is 2.52. The van der Waals surface area contributed by atoms with Crippen LogP contribution in [0.5, 0.6) is 0 Å². The zero-order valence-electron chi connectivity index (χ0n) is 9.97. The standard InChI is InChI=1S/C14H14N2O2/c1-8-6-9(2-4-12(8)15)10-3-5-13(16)11(7-10)14(17)18/h2-7H,15-16H2,1H3,(H,17,18). The molecule has 5 N–H and O–H groups in total. The van der Waals surface area contributed by atoms with E-state index < -0.39 is 5.97 Å². The van der Waals surface area contributed by atoms with Crippen LogP contribution in [0.3, 0.4) is 0 Å². The number of hydrogen-bond donors (Lipinski definition) is 3. The van der Waals surface area contributed by atoms with Gasteiger partial charge in [-0.05, 0) is 47.9 Å². The second-order valence-corrected chi connectivity index (χ2v) is 4.18. The summed E-state index contributed by atoms with van der Waals surface area (Å²) < 4.78 is 0. The van der Waals surface area contributed by atoms with E-state index in [2.05, 4.69) is 0 Å². The van der Waals surface area contributed by atoms with Gasteiger partial charge in [0.2, 0.25) is 0 Å². The maximum Gasteiger partial charge on any atom is 0.337 e. The van der Waals surface area contributed by atoms with Crippen molar-refractivity contribution in [2.75, 3.05) is 11.5 Å². The van der Waals surface area contributed by atoms with Crippen molar-refractivity contribution in [2.24, 2.45) is 0 Å². The van der Waals surface area contributed by atoms with Gasteiger partial charge in [0.25, 0.3) is 0 Å². The first-order chi connectivity index (χ1) is 8.49. The van der Waals surface area contributed by atoms with Crippen LogP contribution in [-0.4, -0.2) is 11.1 Å². The van der Waals surface area contributed by atoms with Gasteiger partial charge in [0.05, 0.1) is 5.56 Å². The highest BCUT2D eigenvalue weighted by molar-refractivity contribution is 5.95. The van der Waals surface area contributed by atoms with Gasteiger partial charge in [-0.15, -0.1) is 0 Å². The number of benzene rings is 2. The molecule has 0 bridgehead atoms. The molecule has 0 spiro atoms.